The molecule has 190 valence electrons. The number of nitrogens with zero attached hydrogens (tertiary/aromatic N) is 1. The molecule has 1 saturated carbocycles. The molecule has 1 aliphatic heterocycles. The number of nitrogens with one attached hydrogen (secondary N) is 3. The van der Waals surface area contributed by atoms with Gasteiger partial charge in [0.25, 0.3) is 5.91 Å². The highest BCUT2D eigenvalue weighted by molar-refractivity contribution is 5.95. The van der Waals surface area contributed by atoms with Crippen molar-refractivity contribution in [1.82, 2.24) is 20.9 Å². The summed E-state index contributed by atoms with van der Waals surface area (Å²) < 4.78 is 16.3. The van der Waals surface area contributed by atoms with Gasteiger partial charge >= 0.3 is 0 Å². The molecule has 0 unspecified atom stereocenters. The smallest absolute Gasteiger partial charge is 0.254 e. The number of rotatable bonds is 14. The van der Waals surface area contributed by atoms with Gasteiger partial charge in [0.15, 0.2) is 11.5 Å². The van der Waals surface area contributed by atoms with Gasteiger partial charge in [0.2, 0.25) is 5.91 Å². The van der Waals surface area contributed by atoms with Crippen LogP contribution in [0.1, 0.15) is 43.5 Å². The third-order valence-electron chi connectivity index (χ3n) is 6.28. The van der Waals surface area contributed by atoms with Crippen LogP contribution in [0.5, 0.6) is 11.5 Å². The molecule has 2 aliphatic rings. The molecule has 1 aliphatic carbocycles. The van der Waals surface area contributed by atoms with E-state index in [4.69, 9.17) is 14.2 Å². The third kappa shape index (κ3) is 7.58. The van der Waals surface area contributed by atoms with E-state index in [9.17, 15) is 9.59 Å². The van der Waals surface area contributed by atoms with E-state index < -0.39 is 0 Å². The fourth-order valence-corrected chi connectivity index (χ4v) is 4.15. The summed E-state index contributed by atoms with van der Waals surface area (Å²) in [4.78, 5) is 27.5. The first-order valence-electron chi connectivity index (χ1n) is 12.3. The zero-order valence-electron chi connectivity index (χ0n) is 20.9. The monoisotopic (exact) mass is 476 g/mol. The summed E-state index contributed by atoms with van der Waals surface area (Å²) in [6.07, 6.45) is 2.91. The van der Waals surface area contributed by atoms with Crippen LogP contribution in [-0.2, 0) is 9.53 Å². The van der Waals surface area contributed by atoms with Gasteiger partial charge in [0.1, 0.15) is 0 Å². The number of ether oxygens (including phenoxy) is 3. The zero-order valence-corrected chi connectivity index (χ0v) is 20.9. The van der Waals surface area contributed by atoms with Gasteiger partial charge in [0, 0.05) is 69.4 Å². The van der Waals surface area contributed by atoms with Gasteiger partial charge in [-0.2, -0.15) is 0 Å². The molecule has 2 amide bonds. The first-order chi connectivity index (χ1) is 16.4. The minimum Gasteiger partial charge on any atom is -0.493 e. The van der Waals surface area contributed by atoms with E-state index in [2.05, 4.69) is 16.0 Å². The van der Waals surface area contributed by atoms with Crippen molar-refractivity contribution >= 4 is 11.8 Å². The summed E-state index contributed by atoms with van der Waals surface area (Å²) in [5.41, 5.74) is 0.565. The fraction of sp³-hybridized carbons (Fsp3) is 0.680. The van der Waals surface area contributed by atoms with Crippen LogP contribution in [0.2, 0.25) is 0 Å². The Balaban J connectivity index is 1.63. The SMILES string of the molecule is COCCCOc1cc(C(=O)N(C[C@@H]2CNC[C@H]2NCC(=O)NC2CC2)C(C)C)ccc1OC. The van der Waals surface area contributed by atoms with Gasteiger partial charge in [-0.15, -0.1) is 0 Å². The lowest BCUT2D eigenvalue weighted by Gasteiger charge is -2.32. The van der Waals surface area contributed by atoms with Crippen molar-refractivity contribution in [2.24, 2.45) is 5.92 Å². The van der Waals surface area contributed by atoms with Gasteiger partial charge in [0.05, 0.1) is 20.3 Å². The highest BCUT2D eigenvalue weighted by Gasteiger charge is 2.32. The molecular weight excluding hydrogens is 436 g/mol. The van der Waals surface area contributed by atoms with Crippen LogP contribution in [-0.4, -0.2) is 88.5 Å². The summed E-state index contributed by atoms with van der Waals surface area (Å²) in [6.45, 7) is 7.62. The van der Waals surface area contributed by atoms with Crippen LogP contribution in [0.25, 0.3) is 0 Å². The van der Waals surface area contributed by atoms with Gasteiger partial charge < -0.3 is 35.1 Å². The molecule has 9 heteroatoms. The summed E-state index contributed by atoms with van der Waals surface area (Å²) in [6, 6.07) is 5.84. The van der Waals surface area contributed by atoms with E-state index in [0.29, 0.717) is 49.4 Å². The van der Waals surface area contributed by atoms with E-state index in [1.165, 1.54) is 0 Å². The van der Waals surface area contributed by atoms with Crippen LogP contribution >= 0.6 is 0 Å². The zero-order chi connectivity index (χ0) is 24.5. The van der Waals surface area contributed by atoms with Crippen molar-refractivity contribution in [3.05, 3.63) is 23.8 Å². The molecule has 3 N–H and O–H groups in total. The number of carbonyl (C=O) groups excluding carboxylic acids is 2. The van der Waals surface area contributed by atoms with Gasteiger partial charge in [-0.3, -0.25) is 9.59 Å². The first-order valence-corrected chi connectivity index (χ1v) is 12.3. The Labute approximate surface area is 202 Å². The molecule has 1 saturated heterocycles. The van der Waals surface area contributed by atoms with Crippen LogP contribution in [0.15, 0.2) is 18.2 Å². The largest absolute Gasteiger partial charge is 0.493 e. The molecule has 34 heavy (non-hydrogen) atoms. The molecule has 0 radical (unpaired) electrons. The minimum atomic E-state index is -0.0449. The molecule has 9 nitrogen and oxygen atoms in total. The predicted octanol–water partition coefficient (Wildman–Crippen LogP) is 1.42. The normalized spacial score (nSPS) is 19.8. The summed E-state index contributed by atoms with van der Waals surface area (Å²) >= 11 is 0. The maximum Gasteiger partial charge on any atom is 0.254 e. The molecule has 1 heterocycles. The standard InChI is InChI=1S/C25H40N4O5/c1-17(2)29(16-19-13-26-14-21(19)27-15-24(30)28-20-7-8-20)25(31)18-6-9-22(33-4)23(12-18)34-11-5-10-32-3/h6,9,12,17,19-21,26-27H,5,7-8,10-11,13-16H2,1-4H3,(H,28,30)/t19-,21+/m0/s1. The van der Waals surface area contributed by atoms with Gasteiger partial charge in [-0.25, -0.2) is 0 Å². The van der Waals surface area contributed by atoms with Crippen molar-refractivity contribution in [3.63, 3.8) is 0 Å². The maximum absolute atomic E-state index is 13.5. The lowest BCUT2D eigenvalue weighted by molar-refractivity contribution is -0.120. The molecule has 2 atom stereocenters. The number of hydrogen-bond acceptors (Lipinski definition) is 7. The van der Waals surface area contributed by atoms with Crippen LogP contribution in [0, 0.1) is 5.92 Å². The molecule has 2 fully saturated rings. The summed E-state index contributed by atoms with van der Waals surface area (Å²) in [5, 5.41) is 9.80. The fourth-order valence-electron chi connectivity index (χ4n) is 4.15. The molecule has 0 spiro atoms. The number of benzene rings is 1. The molecule has 1 aromatic carbocycles. The Kier molecular flexibility index (Phi) is 9.98. The van der Waals surface area contributed by atoms with E-state index in [-0.39, 0.29) is 29.8 Å². The summed E-state index contributed by atoms with van der Waals surface area (Å²) in [5.74, 6) is 1.36. The molecule has 3 rings (SSSR count). The van der Waals surface area contributed by atoms with Crippen molar-refractivity contribution in [1.29, 1.82) is 0 Å². The average Bonchev–Trinajstić information content (AvgIpc) is 3.53. The van der Waals surface area contributed by atoms with Crippen LogP contribution in [0.3, 0.4) is 0 Å². The topological polar surface area (TPSA) is 101 Å². The Morgan fingerprint density at radius 3 is 2.62 bits per heavy atom. The number of hydrogen-bond donors (Lipinski definition) is 3. The second-order valence-corrected chi connectivity index (χ2v) is 9.36. The van der Waals surface area contributed by atoms with Crippen molar-refractivity contribution in [3.8, 4) is 11.5 Å². The Morgan fingerprint density at radius 2 is 1.94 bits per heavy atom. The number of amides is 2. The van der Waals surface area contributed by atoms with Crippen molar-refractivity contribution < 1.29 is 23.8 Å². The molecule has 1 aromatic rings. The number of carbonyl (C=O) groups is 2. The van der Waals surface area contributed by atoms with E-state index in [1.807, 2.05) is 18.7 Å². The molecular formula is C25H40N4O5. The Bertz CT molecular complexity index is 814. The van der Waals surface area contributed by atoms with E-state index in [1.54, 1.807) is 32.4 Å². The average molecular weight is 477 g/mol. The van der Waals surface area contributed by atoms with Crippen molar-refractivity contribution in [2.75, 3.05) is 53.6 Å². The van der Waals surface area contributed by atoms with E-state index >= 15 is 0 Å². The Morgan fingerprint density at radius 1 is 1.15 bits per heavy atom. The first kappa shape index (κ1) is 26.2. The lowest BCUT2D eigenvalue weighted by atomic mass is 10.0. The molecule has 0 bridgehead atoms. The number of methoxy groups -OCH3 is 2. The van der Waals surface area contributed by atoms with Gasteiger partial charge in [-0.05, 0) is 44.9 Å². The highest BCUT2D eigenvalue weighted by atomic mass is 16.5. The van der Waals surface area contributed by atoms with Crippen molar-refractivity contribution in [2.45, 2.75) is 51.2 Å². The maximum atomic E-state index is 13.5. The molecule has 0 aromatic heterocycles. The second-order valence-electron chi connectivity index (χ2n) is 9.36. The lowest BCUT2D eigenvalue weighted by Crippen LogP contribution is -2.48. The van der Waals surface area contributed by atoms with Crippen LogP contribution in [0.4, 0.5) is 0 Å². The quantitative estimate of drug-likeness (QED) is 0.349. The highest BCUT2D eigenvalue weighted by Crippen LogP contribution is 2.29. The van der Waals surface area contributed by atoms with Crippen LogP contribution < -0.4 is 25.4 Å². The third-order valence-corrected chi connectivity index (χ3v) is 6.28. The second kappa shape index (κ2) is 12.9. The Hall–Kier alpha value is -2.36. The minimum absolute atomic E-state index is 0.0279. The summed E-state index contributed by atoms with van der Waals surface area (Å²) in [7, 11) is 3.24. The van der Waals surface area contributed by atoms with E-state index in [0.717, 1.165) is 32.4 Å². The van der Waals surface area contributed by atoms with Gasteiger partial charge in [-0.1, -0.05) is 0 Å². The predicted molar refractivity (Wildman–Crippen MR) is 130 cm³/mol.